The van der Waals surface area contributed by atoms with Crippen molar-refractivity contribution in [3.05, 3.63) is 70.8 Å². The zero-order valence-corrected chi connectivity index (χ0v) is 19.4. The number of hydrogen-bond donors (Lipinski definition) is 1. The molecule has 0 saturated carbocycles. The number of ether oxygens (including phenoxy) is 2. The first-order chi connectivity index (χ1) is 15.9. The third-order valence-corrected chi connectivity index (χ3v) is 6.10. The van der Waals surface area contributed by atoms with Gasteiger partial charge >= 0.3 is 0 Å². The van der Waals surface area contributed by atoms with E-state index in [-0.39, 0.29) is 17.4 Å². The summed E-state index contributed by atoms with van der Waals surface area (Å²) in [4.78, 5) is 27.7. The van der Waals surface area contributed by atoms with Crippen LogP contribution in [0.1, 0.15) is 49.4 Å². The SMILES string of the molecule is Cc1cc(/C(O)=C2/C(=O)C(=O)N(CC3CCCO3)C2c2ccccc2)ccc1OCC(C)C. The molecule has 2 heterocycles. The van der Waals surface area contributed by atoms with Crippen molar-refractivity contribution in [3.63, 3.8) is 0 Å². The fourth-order valence-electron chi connectivity index (χ4n) is 4.43. The van der Waals surface area contributed by atoms with Crippen molar-refractivity contribution in [1.82, 2.24) is 4.90 Å². The Balaban J connectivity index is 1.73. The average molecular weight is 450 g/mol. The largest absolute Gasteiger partial charge is 0.507 e. The lowest BCUT2D eigenvalue weighted by atomic mass is 9.94. The van der Waals surface area contributed by atoms with E-state index in [1.165, 1.54) is 0 Å². The van der Waals surface area contributed by atoms with E-state index >= 15 is 0 Å². The maximum absolute atomic E-state index is 13.1. The number of amides is 1. The van der Waals surface area contributed by atoms with Crippen LogP contribution in [0.25, 0.3) is 5.76 Å². The van der Waals surface area contributed by atoms with Crippen LogP contribution >= 0.6 is 0 Å². The molecule has 0 spiro atoms. The van der Waals surface area contributed by atoms with Gasteiger partial charge in [0.2, 0.25) is 0 Å². The highest BCUT2D eigenvalue weighted by Crippen LogP contribution is 2.40. The zero-order valence-electron chi connectivity index (χ0n) is 19.4. The lowest BCUT2D eigenvalue weighted by molar-refractivity contribution is -0.140. The summed E-state index contributed by atoms with van der Waals surface area (Å²) in [6, 6.07) is 14.0. The molecule has 2 fully saturated rings. The Morgan fingerprint density at radius 2 is 1.94 bits per heavy atom. The minimum Gasteiger partial charge on any atom is -0.507 e. The molecule has 2 aliphatic rings. The van der Waals surface area contributed by atoms with Gasteiger partial charge in [-0.15, -0.1) is 0 Å². The summed E-state index contributed by atoms with van der Waals surface area (Å²) in [6.07, 6.45) is 1.69. The first-order valence-corrected chi connectivity index (χ1v) is 11.6. The van der Waals surface area contributed by atoms with Gasteiger partial charge in [0.05, 0.1) is 24.3 Å². The van der Waals surface area contributed by atoms with Crippen LogP contribution < -0.4 is 4.74 Å². The molecule has 2 aliphatic heterocycles. The van der Waals surface area contributed by atoms with Gasteiger partial charge in [-0.05, 0) is 55.0 Å². The topological polar surface area (TPSA) is 76.1 Å². The number of rotatable bonds is 7. The van der Waals surface area contributed by atoms with E-state index in [9.17, 15) is 14.7 Å². The highest BCUT2D eigenvalue weighted by Gasteiger charge is 2.47. The molecule has 2 unspecified atom stereocenters. The van der Waals surface area contributed by atoms with Crippen LogP contribution in [0.5, 0.6) is 5.75 Å². The number of aliphatic hydroxyl groups is 1. The zero-order chi connectivity index (χ0) is 23.5. The van der Waals surface area contributed by atoms with Gasteiger partial charge < -0.3 is 19.5 Å². The maximum atomic E-state index is 13.1. The molecule has 0 aromatic heterocycles. The molecule has 1 N–H and O–H groups in total. The van der Waals surface area contributed by atoms with Gasteiger partial charge in [-0.2, -0.15) is 0 Å². The summed E-state index contributed by atoms with van der Waals surface area (Å²) in [5.41, 5.74) is 2.23. The van der Waals surface area contributed by atoms with Gasteiger partial charge in [0.25, 0.3) is 11.7 Å². The summed E-state index contributed by atoms with van der Waals surface area (Å²) in [6.45, 7) is 7.63. The number of hydrogen-bond acceptors (Lipinski definition) is 5. The predicted octanol–water partition coefficient (Wildman–Crippen LogP) is 4.63. The van der Waals surface area contributed by atoms with E-state index in [1.807, 2.05) is 37.3 Å². The van der Waals surface area contributed by atoms with Crippen LogP contribution in [-0.2, 0) is 14.3 Å². The second-order valence-corrected chi connectivity index (χ2v) is 9.18. The number of nitrogens with zero attached hydrogens (tertiary/aromatic N) is 1. The predicted molar refractivity (Wildman–Crippen MR) is 126 cm³/mol. The molecule has 1 amide bonds. The minimum atomic E-state index is -0.669. The van der Waals surface area contributed by atoms with Crippen LogP contribution in [0.3, 0.4) is 0 Å². The van der Waals surface area contributed by atoms with Crippen molar-refractivity contribution in [3.8, 4) is 5.75 Å². The molecule has 2 atom stereocenters. The second kappa shape index (κ2) is 9.79. The number of benzene rings is 2. The fraction of sp³-hybridized carbons (Fsp3) is 0.407. The molecule has 6 heteroatoms. The van der Waals surface area contributed by atoms with Gasteiger partial charge in [0, 0.05) is 18.7 Å². The third kappa shape index (κ3) is 4.81. The quantitative estimate of drug-likeness (QED) is 0.379. The van der Waals surface area contributed by atoms with Gasteiger partial charge in [0.15, 0.2) is 0 Å². The molecule has 2 aromatic rings. The Labute approximate surface area is 194 Å². The standard InChI is InChI=1S/C27H31NO5/c1-17(2)16-33-22-12-11-20(14-18(22)3)25(29)23-24(19-8-5-4-6-9-19)28(27(31)26(23)30)15-21-10-7-13-32-21/h4-6,8-9,11-12,14,17,21,24,29H,7,10,13,15-16H2,1-3H3/b25-23-. The first kappa shape index (κ1) is 23.1. The summed E-state index contributed by atoms with van der Waals surface area (Å²) in [5.74, 6) is -0.316. The fourth-order valence-corrected chi connectivity index (χ4v) is 4.43. The number of carbonyl (C=O) groups excluding carboxylic acids is 2. The monoisotopic (exact) mass is 449 g/mol. The summed E-state index contributed by atoms with van der Waals surface area (Å²) >= 11 is 0. The summed E-state index contributed by atoms with van der Waals surface area (Å²) in [7, 11) is 0. The number of aryl methyl sites for hydroxylation is 1. The Morgan fingerprint density at radius 1 is 1.18 bits per heavy atom. The minimum absolute atomic E-state index is 0.103. The number of likely N-dealkylation sites (tertiary alicyclic amines) is 1. The molecule has 174 valence electrons. The Hall–Kier alpha value is -3.12. The number of aliphatic hydroxyl groups excluding tert-OH is 1. The summed E-state index contributed by atoms with van der Waals surface area (Å²) < 4.78 is 11.6. The molecular weight excluding hydrogens is 418 g/mol. The van der Waals surface area contributed by atoms with E-state index in [2.05, 4.69) is 13.8 Å². The highest BCUT2D eigenvalue weighted by atomic mass is 16.5. The molecule has 6 nitrogen and oxygen atoms in total. The van der Waals surface area contributed by atoms with Crippen molar-refractivity contribution in [2.45, 2.75) is 45.8 Å². The molecule has 0 radical (unpaired) electrons. The lowest BCUT2D eigenvalue weighted by Crippen LogP contribution is -2.36. The number of Topliss-reactive ketones (excluding diaryl/α,β-unsaturated/α-hetero) is 1. The molecule has 2 aromatic carbocycles. The van der Waals surface area contributed by atoms with E-state index in [0.717, 1.165) is 29.7 Å². The normalized spacial score (nSPS) is 22.4. The van der Waals surface area contributed by atoms with Crippen molar-refractivity contribution < 1.29 is 24.2 Å². The Bertz CT molecular complexity index is 1050. The van der Waals surface area contributed by atoms with E-state index < -0.39 is 17.7 Å². The van der Waals surface area contributed by atoms with Crippen LogP contribution in [0.2, 0.25) is 0 Å². The van der Waals surface area contributed by atoms with Crippen molar-refractivity contribution in [2.24, 2.45) is 5.92 Å². The summed E-state index contributed by atoms with van der Waals surface area (Å²) in [5, 5.41) is 11.3. The van der Waals surface area contributed by atoms with Crippen LogP contribution in [0.15, 0.2) is 54.1 Å². The average Bonchev–Trinajstić information content (AvgIpc) is 3.40. The lowest BCUT2D eigenvalue weighted by Gasteiger charge is -2.27. The van der Waals surface area contributed by atoms with Crippen molar-refractivity contribution >= 4 is 17.4 Å². The molecule has 2 saturated heterocycles. The second-order valence-electron chi connectivity index (χ2n) is 9.18. The molecule has 0 aliphatic carbocycles. The van der Waals surface area contributed by atoms with Crippen LogP contribution in [0.4, 0.5) is 0 Å². The van der Waals surface area contributed by atoms with E-state index in [1.54, 1.807) is 23.1 Å². The maximum Gasteiger partial charge on any atom is 0.295 e. The Kier molecular flexibility index (Phi) is 6.84. The van der Waals surface area contributed by atoms with Gasteiger partial charge in [-0.3, -0.25) is 9.59 Å². The molecule has 33 heavy (non-hydrogen) atoms. The molecular formula is C27H31NO5. The Morgan fingerprint density at radius 3 is 2.58 bits per heavy atom. The van der Waals surface area contributed by atoms with Crippen LogP contribution in [0, 0.1) is 12.8 Å². The van der Waals surface area contributed by atoms with Gasteiger partial charge in [0.1, 0.15) is 11.5 Å². The molecule has 4 rings (SSSR count). The first-order valence-electron chi connectivity index (χ1n) is 11.6. The van der Waals surface area contributed by atoms with E-state index in [0.29, 0.717) is 31.2 Å². The van der Waals surface area contributed by atoms with Gasteiger partial charge in [-0.25, -0.2) is 0 Å². The smallest absolute Gasteiger partial charge is 0.295 e. The van der Waals surface area contributed by atoms with Crippen molar-refractivity contribution in [2.75, 3.05) is 19.8 Å². The number of carbonyl (C=O) groups is 2. The van der Waals surface area contributed by atoms with Crippen LogP contribution in [-0.4, -0.2) is 47.6 Å². The van der Waals surface area contributed by atoms with Gasteiger partial charge in [-0.1, -0.05) is 44.2 Å². The van der Waals surface area contributed by atoms with Crippen molar-refractivity contribution in [1.29, 1.82) is 0 Å². The number of ketones is 1. The third-order valence-electron chi connectivity index (χ3n) is 6.10. The van der Waals surface area contributed by atoms with E-state index in [4.69, 9.17) is 9.47 Å². The highest BCUT2D eigenvalue weighted by molar-refractivity contribution is 6.46. The molecule has 0 bridgehead atoms.